The zero-order valence-electron chi connectivity index (χ0n) is 12.4. The molecule has 0 aromatic carbocycles. The van der Waals surface area contributed by atoms with Crippen molar-refractivity contribution in [3.8, 4) is 0 Å². The van der Waals surface area contributed by atoms with Crippen molar-refractivity contribution in [3.05, 3.63) is 0 Å². The van der Waals surface area contributed by atoms with E-state index in [9.17, 15) is 4.79 Å². The average Bonchev–Trinajstić information content (AvgIpc) is 2.93. The Hall–Kier alpha value is -0.610. The molecule has 110 valence electrons. The fourth-order valence-electron chi connectivity index (χ4n) is 3.38. The van der Waals surface area contributed by atoms with Crippen molar-refractivity contribution in [1.29, 1.82) is 0 Å². The van der Waals surface area contributed by atoms with Crippen LogP contribution in [-0.2, 0) is 9.53 Å². The molecule has 2 aliphatic rings. The van der Waals surface area contributed by atoms with Gasteiger partial charge in [0.05, 0.1) is 12.0 Å². The van der Waals surface area contributed by atoms with E-state index in [0.717, 1.165) is 58.3 Å². The molecule has 0 saturated carbocycles. The third-order valence-electron chi connectivity index (χ3n) is 4.43. The van der Waals surface area contributed by atoms with Gasteiger partial charge in [0.2, 0.25) is 5.91 Å². The molecule has 1 N–H and O–H groups in total. The summed E-state index contributed by atoms with van der Waals surface area (Å²) in [4.78, 5) is 15.0. The van der Waals surface area contributed by atoms with Gasteiger partial charge in [-0.2, -0.15) is 0 Å². The molecule has 2 unspecified atom stereocenters. The van der Waals surface area contributed by atoms with Gasteiger partial charge in [-0.3, -0.25) is 4.79 Å². The number of nitrogens with zero attached hydrogens (tertiary/aromatic N) is 1. The standard InChI is InChI=1S/C15H28N2O2/c1-3-10-17(12-5-8-16-9-6-12)15(18)13-7-11-19-14(13)4-2/h12-14,16H,3-11H2,1-2H3. The summed E-state index contributed by atoms with van der Waals surface area (Å²) in [6.45, 7) is 8.00. The number of amides is 1. The number of rotatable bonds is 5. The highest BCUT2D eigenvalue weighted by Crippen LogP contribution is 2.27. The van der Waals surface area contributed by atoms with Crippen molar-refractivity contribution in [2.24, 2.45) is 5.92 Å². The molecule has 4 nitrogen and oxygen atoms in total. The van der Waals surface area contributed by atoms with Crippen molar-refractivity contribution >= 4 is 5.91 Å². The minimum atomic E-state index is 0.103. The van der Waals surface area contributed by atoms with E-state index >= 15 is 0 Å². The minimum absolute atomic E-state index is 0.103. The van der Waals surface area contributed by atoms with Crippen molar-refractivity contribution in [2.45, 2.75) is 58.1 Å². The molecule has 19 heavy (non-hydrogen) atoms. The quantitative estimate of drug-likeness (QED) is 0.826. The average molecular weight is 268 g/mol. The predicted molar refractivity (Wildman–Crippen MR) is 76.0 cm³/mol. The number of hydrogen-bond donors (Lipinski definition) is 1. The van der Waals surface area contributed by atoms with Gasteiger partial charge in [0.15, 0.2) is 0 Å². The van der Waals surface area contributed by atoms with E-state index in [2.05, 4.69) is 24.1 Å². The Bertz CT molecular complexity index is 290. The second-order valence-electron chi connectivity index (χ2n) is 5.73. The zero-order chi connectivity index (χ0) is 13.7. The Labute approximate surface area is 116 Å². The van der Waals surface area contributed by atoms with Crippen LogP contribution in [0.5, 0.6) is 0 Å². The van der Waals surface area contributed by atoms with Crippen molar-refractivity contribution in [1.82, 2.24) is 10.2 Å². The molecule has 1 amide bonds. The highest BCUT2D eigenvalue weighted by Gasteiger charge is 2.37. The van der Waals surface area contributed by atoms with Gasteiger partial charge in [-0.15, -0.1) is 0 Å². The first-order chi connectivity index (χ1) is 9.27. The third-order valence-corrected chi connectivity index (χ3v) is 4.43. The second-order valence-corrected chi connectivity index (χ2v) is 5.73. The smallest absolute Gasteiger partial charge is 0.228 e. The molecule has 0 aromatic rings. The molecule has 2 rings (SSSR count). The highest BCUT2D eigenvalue weighted by atomic mass is 16.5. The fourth-order valence-corrected chi connectivity index (χ4v) is 3.38. The summed E-state index contributed by atoms with van der Waals surface area (Å²) in [5, 5.41) is 3.38. The maximum Gasteiger partial charge on any atom is 0.228 e. The van der Waals surface area contributed by atoms with Crippen LogP contribution in [0.15, 0.2) is 0 Å². The number of ether oxygens (including phenoxy) is 1. The summed E-state index contributed by atoms with van der Waals surface area (Å²) < 4.78 is 5.69. The molecule has 2 heterocycles. The van der Waals surface area contributed by atoms with Crippen LogP contribution < -0.4 is 5.32 Å². The minimum Gasteiger partial charge on any atom is -0.377 e. The maximum absolute atomic E-state index is 12.8. The first kappa shape index (κ1) is 14.8. The summed E-state index contributed by atoms with van der Waals surface area (Å²) in [6.07, 6.45) is 5.23. The Morgan fingerprint density at radius 2 is 2.00 bits per heavy atom. The van der Waals surface area contributed by atoms with E-state index in [1.54, 1.807) is 0 Å². The number of nitrogens with one attached hydrogen (secondary N) is 1. The highest BCUT2D eigenvalue weighted by molar-refractivity contribution is 5.80. The fraction of sp³-hybridized carbons (Fsp3) is 0.933. The molecule has 0 aromatic heterocycles. The molecule has 0 spiro atoms. The van der Waals surface area contributed by atoms with Crippen LogP contribution in [0.25, 0.3) is 0 Å². The number of hydrogen-bond acceptors (Lipinski definition) is 3. The van der Waals surface area contributed by atoms with Gasteiger partial charge in [-0.1, -0.05) is 13.8 Å². The first-order valence-electron chi connectivity index (χ1n) is 7.90. The van der Waals surface area contributed by atoms with Crippen molar-refractivity contribution < 1.29 is 9.53 Å². The lowest BCUT2D eigenvalue weighted by atomic mass is 9.95. The number of carbonyl (C=O) groups is 1. The van der Waals surface area contributed by atoms with Crippen molar-refractivity contribution in [3.63, 3.8) is 0 Å². The molecular formula is C15H28N2O2. The van der Waals surface area contributed by atoms with E-state index in [1.807, 2.05) is 0 Å². The third kappa shape index (κ3) is 3.48. The van der Waals surface area contributed by atoms with Gasteiger partial charge in [0, 0.05) is 19.2 Å². The van der Waals surface area contributed by atoms with Crippen LogP contribution in [0.4, 0.5) is 0 Å². The van der Waals surface area contributed by atoms with Crippen LogP contribution in [0.2, 0.25) is 0 Å². The summed E-state index contributed by atoms with van der Waals surface area (Å²) in [5.41, 5.74) is 0. The number of piperidine rings is 1. The molecule has 0 radical (unpaired) electrons. The largest absolute Gasteiger partial charge is 0.377 e. The van der Waals surface area contributed by atoms with Crippen LogP contribution in [0.1, 0.15) is 46.0 Å². The molecule has 0 aliphatic carbocycles. The maximum atomic E-state index is 12.8. The molecule has 2 saturated heterocycles. The molecule has 4 heteroatoms. The Kier molecular flexibility index (Phi) is 5.64. The summed E-state index contributed by atoms with van der Waals surface area (Å²) in [7, 11) is 0. The van der Waals surface area contributed by atoms with Crippen molar-refractivity contribution in [2.75, 3.05) is 26.2 Å². The molecule has 2 fully saturated rings. The summed E-state index contributed by atoms with van der Waals surface area (Å²) in [6, 6.07) is 0.437. The van der Waals surface area contributed by atoms with Gasteiger partial charge >= 0.3 is 0 Å². The molecule has 0 bridgehead atoms. The number of carbonyl (C=O) groups excluding carboxylic acids is 1. The SMILES string of the molecule is CCCN(C(=O)C1CCOC1CC)C1CCNCC1. The molecule has 2 aliphatic heterocycles. The Balaban J connectivity index is 2.02. The van der Waals surface area contributed by atoms with Gasteiger partial charge < -0.3 is 15.0 Å². The van der Waals surface area contributed by atoms with E-state index < -0.39 is 0 Å². The lowest BCUT2D eigenvalue weighted by Gasteiger charge is -2.36. The topological polar surface area (TPSA) is 41.6 Å². The monoisotopic (exact) mass is 268 g/mol. The molecular weight excluding hydrogens is 240 g/mol. The van der Waals surface area contributed by atoms with E-state index in [1.165, 1.54) is 0 Å². The summed E-state index contributed by atoms with van der Waals surface area (Å²) in [5.74, 6) is 0.449. The van der Waals surface area contributed by atoms with Gasteiger partial charge in [-0.05, 0) is 45.2 Å². The predicted octanol–water partition coefficient (Wildman–Crippen LogP) is 1.79. The zero-order valence-corrected chi connectivity index (χ0v) is 12.4. The lowest BCUT2D eigenvalue weighted by Crippen LogP contribution is -2.49. The normalized spacial score (nSPS) is 28.5. The van der Waals surface area contributed by atoms with E-state index in [-0.39, 0.29) is 12.0 Å². The van der Waals surface area contributed by atoms with Crippen LogP contribution in [0.3, 0.4) is 0 Å². The lowest BCUT2D eigenvalue weighted by molar-refractivity contribution is -0.140. The van der Waals surface area contributed by atoms with Gasteiger partial charge in [0.1, 0.15) is 0 Å². The summed E-state index contributed by atoms with van der Waals surface area (Å²) >= 11 is 0. The van der Waals surface area contributed by atoms with Gasteiger partial charge in [0.25, 0.3) is 0 Å². The Morgan fingerprint density at radius 1 is 1.26 bits per heavy atom. The Morgan fingerprint density at radius 3 is 2.63 bits per heavy atom. The van der Waals surface area contributed by atoms with Crippen LogP contribution in [0, 0.1) is 5.92 Å². The first-order valence-corrected chi connectivity index (χ1v) is 7.90. The van der Waals surface area contributed by atoms with Crippen LogP contribution >= 0.6 is 0 Å². The van der Waals surface area contributed by atoms with E-state index in [4.69, 9.17) is 4.74 Å². The van der Waals surface area contributed by atoms with Gasteiger partial charge in [-0.25, -0.2) is 0 Å². The second kappa shape index (κ2) is 7.25. The van der Waals surface area contributed by atoms with E-state index in [0.29, 0.717) is 11.9 Å². The van der Waals surface area contributed by atoms with Crippen LogP contribution in [-0.4, -0.2) is 49.2 Å². The molecule has 2 atom stereocenters.